The lowest BCUT2D eigenvalue weighted by atomic mass is 10.2. The molecule has 0 saturated heterocycles. The van der Waals surface area contributed by atoms with Gasteiger partial charge in [-0.25, -0.2) is 0 Å². The fraction of sp³-hybridized carbons (Fsp3) is 0.312. The summed E-state index contributed by atoms with van der Waals surface area (Å²) >= 11 is 0. The first-order valence-electron chi connectivity index (χ1n) is 6.37. The fourth-order valence-corrected chi connectivity index (χ4v) is 1.67. The van der Waals surface area contributed by atoms with Gasteiger partial charge in [0.1, 0.15) is 12.4 Å². The zero-order chi connectivity index (χ0) is 14.1. The molecule has 0 N–H and O–H groups in total. The normalized spacial score (nSPS) is 12.1. The Balaban J connectivity index is 2.96. The molecule has 1 unspecified atom stereocenters. The van der Waals surface area contributed by atoms with Crippen LogP contribution in [0.5, 0.6) is 11.5 Å². The maximum Gasteiger partial charge on any atom is 0.162 e. The molecule has 0 aliphatic rings. The summed E-state index contributed by atoms with van der Waals surface area (Å²) < 4.78 is 11.4. The summed E-state index contributed by atoms with van der Waals surface area (Å²) in [6.07, 6.45) is 7.14. The van der Waals surface area contributed by atoms with E-state index in [1.165, 1.54) is 0 Å². The Morgan fingerprint density at radius 1 is 1.37 bits per heavy atom. The van der Waals surface area contributed by atoms with Crippen molar-refractivity contribution in [1.29, 1.82) is 0 Å². The Morgan fingerprint density at radius 3 is 2.74 bits per heavy atom. The van der Waals surface area contributed by atoms with Crippen LogP contribution in [0.2, 0.25) is 0 Å². The molecule has 0 bridgehead atoms. The van der Waals surface area contributed by atoms with Gasteiger partial charge in [0.2, 0.25) is 0 Å². The third kappa shape index (κ3) is 4.62. The number of hydrogen-bond acceptors (Lipinski definition) is 3. The van der Waals surface area contributed by atoms with Crippen molar-refractivity contribution in [3.8, 4) is 11.5 Å². The van der Waals surface area contributed by atoms with E-state index in [0.29, 0.717) is 30.1 Å². The molecule has 0 heterocycles. The standard InChI is InChI=1S/C16H20O3/c1-4-7-14(8-5-2)19-15-10-9-13(12-17)11-16(15)18-6-3/h4-5,8-12,14H,1,6-7H2,2-3H3. The largest absolute Gasteiger partial charge is 0.490 e. The summed E-state index contributed by atoms with van der Waals surface area (Å²) in [5.74, 6) is 1.23. The lowest BCUT2D eigenvalue weighted by Crippen LogP contribution is -2.13. The van der Waals surface area contributed by atoms with Crippen molar-refractivity contribution >= 4 is 6.29 Å². The highest BCUT2D eigenvalue weighted by Gasteiger charge is 2.10. The van der Waals surface area contributed by atoms with Crippen LogP contribution >= 0.6 is 0 Å². The van der Waals surface area contributed by atoms with Crippen LogP contribution in [-0.4, -0.2) is 19.0 Å². The smallest absolute Gasteiger partial charge is 0.162 e. The monoisotopic (exact) mass is 260 g/mol. The van der Waals surface area contributed by atoms with Crippen LogP contribution in [0.25, 0.3) is 0 Å². The summed E-state index contributed by atoms with van der Waals surface area (Å²) in [6.45, 7) is 8.08. The predicted molar refractivity (Wildman–Crippen MR) is 77.0 cm³/mol. The van der Waals surface area contributed by atoms with E-state index < -0.39 is 0 Å². The average Bonchev–Trinajstić information content (AvgIpc) is 2.41. The van der Waals surface area contributed by atoms with E-state index in [1.807, 2.05) is 32.1 Å². The maximum atomic E-state index is 10.8. The minimum atomic E-state index is -0.0798. The lowest BCUT2D eigenvalue weighted by molar-refractivity contribution is 0.112. The van der Waals surface area contributed by atoms with Gasteiger partial charge in [0.25, 0.3) is 0 Å². The number of carbonyl (C=O) groups excluding carboxylic acids is 1. The second-order valence-electron chi connectivity index (χ2n) is 3.96. The Bertz CT molecular complexity index is 449. The van der Waals surface area contributed by atoms with Gasteiger partial charge in [-0.1, -0.05) is 12.2 Å². The number of ether oxygens (including phenoxy) is 2. The summed E-state index contributed by atoms with van der Waals surface area (Å²) in [4.78, 5) is 10.8. The van der Waals surface area contributed by atoms with Crippen LogP contribution in [-0.2, 0) is 0 Å². The minimum Gasteiger partial charge on any atom is -0.490 e. The number of benzene rings is 1. The minimum absolute atomic E-state index is 0.0798. The van der Waals surface area contributed by atoms with Crippen molar-refractivity contribution < 1.29 is 14.3 Å². The van der Waals surface area contributed by atoms with Gasteiger partial charge in [0.15, 0.2) is 11.5 Å². The molecule has 1 aromatic rings. The maximum absolute atomic E-state index is 10.8. The molecule has 0 aromatic heterocycles. The third-order valence-electron chi connectivity index (χ3n) is 2.49. The fourth-order valence-electron chi connectivity index (χ4n) is 1.67. The highest BCUT2D eigenvalue weighted by Crippen LogP contribution is 2.29. The topological polar surface area (TPSA) is 35.5 Å². The molecule has 3 nitrogen and oxygen atoms in total. The van der Waals surface area contributed by atoms with Crippen LogP contribution in [0.3, 0.4) is 0 Å². The predicted octanol–water partition coefficient (Wildman–Crippen LogP) is 3.80. The molecule has 0 fully saturated rings. The number of rotatable bonds is 8. The Morgan fingerprint density at radius 2 is 2.16 bits per heavy atom. The zero-order valence-electron chi connectivity index (χ0n) is 11.5. The van der Waals surface area contributed by atoms with Crippen molar-refractivity contribution in [2.75, 3.05) is 6.61 Å². The van der Waals surface area contributed by atoms with Crippen LogP contribution in [0.15, 0.2) is 43.0 Å². The quantitative estimate of drug-likeness (QED) is 0.527. The molecular formula is C16H20O3. The third-order valence-corrected chi connectivity index (χ3v) is 2.49. The van der Waals surface area contributed by atoms with Gasteiger partial charge in [0.05, 0.1) is 6.61 Å². The van der Waals surface area contributed by atoms with Gasteiger partial charge in [-0.15, -0.1) is 6.58 Å². The number of carbonyl (C=O) groups is 1. The molecule has 3 heteroatoms. The summed E-state index contributed by atoms with van der Waals surface area (Å²) in [6, 6.07) is 5.16. The first-order chi connectivity index (χ1) is 9.24. The van der Waals surface area contributed by atoms with Gasteiger partial charge in [-0.2, -0.15) is 0 Å². The van der Waals surface area contributed by atoms with E-state index in [9.17, 15) is 4.79 Å². The van der Waals surface area contributed by atoms with Crippen LogP contribution in [0.1, 0.15) is 30.6 Å². The van der Waals surface area contributed by atoms with Crippen molar-refractivity contribution in [3.63, 3.8) is 0 Å². The van der Waals surface area contributed by atoms with Crippen molar-refractivity contribution in [3.05, 3.63) is 48.6 Å². The van der Waals surface area contributed by atoms with Crippen LogP contribution in [0, 0.1) is 0 Å². The van der Waals surface area contributed by atoms with Gasteiger partial charge in [-0.05, 0) is 38.1 Å². The Kier molecular flexibility index (Phi) is 6.44. The molecule has 1 atom stereocenters. The summed E-state index contributed by atoms with van der Waals surface area (Å²) in [5, 5.41) is 0. The van der Waals surface area contributed by atoms with Gasteiger partial charge < -0.3 is 9.47 Å². The number of allylic oxidation sites excluding steroid dienone is 1. The van der Waals surface area contributed by atoms with Crippen molar-refractivity contribution in [1.82, 2.24) is 0 Å². The van der Waals surface area contributed by atoms with Gasteiger partial charge in [0, 0.05) is 12.0 Å². The Labute approximate surface area is 114 Å². The van der Waals surface area contributed by atoms with E-state index in [4.69, 9.17) is 9.47 Å². The first kappa shape index (κ1) is 15.0. The van der Waals surface area contributed by atoms with E-state index in [-0.39, 0.29) is 6.10 Å². The molecule has 0 amide bonds. The van der Waals surface area contributed by atoms with E-state index in [1.54, 1.807) is 18.2 Å². The molecule has 0 aliphatic carbocycles. The highest BCUT2D eigenvalue weighted by atomic mass is 16.5. The van der Waals surface area contributed by atoms with E-state index in [2.05, 4.69) is 6.58 Å². The molecule has 0 saturated carbocycles. The molecule has 1 aromatic carbocycles. The molecular weight excluding hydrogens is 240 g/mol. The van der Waals surface area contributed by atoms with E-state index >= 15 is 0 Å². The molecule has 1 rings (SSSR count). The first-order valence-corrected chi connectivity index (χ1v) is 6.37. The van der Waals surface area contributed by atoms with Gasteiger partial charge >= 0.3 is 0 Å². The van der Waals surface area contributed by atoms with Gasteiger partial charge in [-0.3, -0.25) is 4.79 Å². The van der Waals surface area contributed by atoms with E-state index in [0.717, 1.165) is 6.29 Å². The average molecular weight is 260 g/mol. The number of aldehydes is 1. The van der Waals surface area contributed by atoms with Crippen molar-refractivity contribution in [2.24, 2.45) is 0 Å². The lowest BCUT2D eigenvalue weighted by Gasteiger charge is -2.17. The summed E-state index contributed by atoms with van der Waals surface area (Å²) in [5.41, 5.74) is 0.571. The molecule has 0 spiro atoms. The Hall–Kier alpha value is -2.03. The molecule has 0 radical (unpaired) electrons. The summed E-state index contributed by atoms with van der Waals surface area (Å²) in [7, 11) is 0. The highest BCUT2D eigenvalue weighted by molar-refractivity contribution is 5.76. The SMILES string of the molecule is C=CCC(C=CC)Oc1ccc(C=O)cc1OCC. The molecule has 0 aliphatic heterocycles. The molecule has 19 heavy (non-hydrogen) atoms. The van der Waals surface area contributed by atoms with Crippen LogP contribution in [0.4, 0.5) is 0 Å². The molecule has 102 valence electrons. The second-order valence-corrected chi connectivity index (χ2v) is 3.96. The number of hydrogen-bond donors (Lipinski definition) is 0. The van der Waals surface area contributed by atoms with Crippen molar-refractivity contribution in [2.45, 2.75) is 26.4 Å². The zero-order valence-corrected chi connectivity index (χ0v) is 11.5. The second kappa shape index (κ2) is 8.14. The van der Waals surface area contributed by atoms with Crippen LogP contribution < -0.4 is 9.47 Å².